The van der Waals surface area contributed by atoms with Crippen LogP contribution in [0.25, 0.3) is 5.57 Å². The summed E-state index contributed by atoms with van der Waals surface area (Å²) in [4.78, 5) is 0. The molecule has 0 aromatic heterocycles. The van der Waals surface area contributed by atoms with Crippen LogP contribution in [0.15, 0.2) is 55.1 Å². The Morgan fingerprint density at radius 3 is 2.56 bits per heavy atom. The van der Waals surface area contributed by atoms with Crippen LogP contribution >= 0.6 is 0 Å². The van der Waals surface area contributed by atoms with Crippen molar-refractivity contribution in [2.75, 3.05) is 11.9 Å². The molecule has 0 radical (unpaired) electrons. The summed E-state index contributed by atoms with van der Waals surface area (Å²) in [6.07, 6.45) is 0. The number of hydrogen-bond acceptors (Lipinski definition) is 1. The summed E-state index contributed by atoms with van der Waals surface area (Å²) in [6, 6.07) is 15.0. The molecule has 1 N–H and O–H groups in total. The zero-order valence-corrected chi connectivity index (χ0v) is 10.4. The van der Waals surface area contributed by atoms with E-state index in [9.17, 15) is 4.39 Å². The topological polar surface area (TPSA) is 12.0 Å². The van der Waals surface area contributed by atoms with E-state index >= 15 is 0 Å². The van der Waals surface area contributed by atoms with Gasteiger partial charge in [0.25, 0.3) is 0 Å². The Morgan fingerprint density at radius 2 is 1.89 bits per heavy atom. The van der Waals surface area contributed by atoms with E-state index in [2.05, 4.69) is 11.9 Å². The average molecular weight is 241 g/mol. The van der Waals surface area contributed by atoms with Gasteiger partial charge < -0.3 is 5.32 Å². The molecule has 0 saturated heterocycles. The lowest BCUT2D eigenvalue weighted by Gasteiger charge is -2.10. The highest BCUT2D eigenvalue weighted by Crippen LogP contribution is 2.17. The second-order valence-corrected chi connectivity index (χ2v) is 4.31. The van der Waals surface area contributed by atoms with Crippen LogP contribution < -0.4 is 5.32 Å². The Hall–Kier alpha value is -2.09. The van der Waals surface area contributed by atoms with Crippen molar-refractivity contribution in [3.05, 3.63) is 72.1 Å². The Morgan fingerprint density at radius 1 is 1.17 bits per heavy atom. The van der Waals surface area contributed by atoms with Gasteiger partial charge in [-0.1, -0.05) is 43.0 Å². The first-order valence-electron chi connectivity index (χ1n) is 5.90. The van der Waals surface area contributed by atoms with E-state index in [-0.39, 0.29) is 5.82 Å². The highest BCUT2D eigenvalue weighted by Gasteiger charge is 2.03. The van der Waals surface area contributed by atoms with Crippen LogP contribution in [0, 0.1) is 12.7 Å². The third-order valence-corrected chi connectivity index (χ3v) is 2.80. The quantitative estimate of drug-likeness (QED) is 0.843. The molecule has 0 saturated carbocycles. The van der Waals surface area contributed by atoms with Crippen LogP contribution in [0.5, 0.6) is 0 Å². The Kier molecular flexibility index (Phi) is 3.78. The van der Waals surface area contributed by atoms with Gasteiger partial charge in [-0.05, 0) is 35.8 Å². The number of aryl methyl sites for hydroxylation is 1. The first-order chi connectivity index (χ1) is 8.66. The molecule has 1 nitrogen and oxygen atoms in total. The highest BCUT2D eigenvalue weighted by molar-refractivity contribution is 5.67. The van der Waals surface area contributed by atoms with E-state index in [0.717, 1.165) is 16.7 Å². The molecule has 18 heavy (non-hydrogen) atoms. The summed E-state index contributed by atoms with van der Waals surface area (Å²) in [6.45, 7) is 6.40. The van der Waals surface area contributed by atoms with Crippen molar-refractivity contribution in [3.8, 4) is 0 Å². The molecule has 0 aliphatic carbocycles. The molecule has 0 unspecified atom stereocenters. The smallest absolute Gasteiger partial charge is 0.146 e. The molecule has 2 aromatic carbocycles. The largest absolute Gasteiger partial charge is 0.379 e. The maximum Gasteiger partial charge on any atom is 0.146 e. The minimum absolute atomic E-state index is 0.226. The van der Waals surface area contributed by atoms with Gasteiger partial charge in [0.15, 0.2) is 0 Å². The van der Waals surface area contributed by atoms with Gasteiger partial charge in [0.1, 0.15) is 5.82 Å². The monoisotopic (exact) mass is 241 g/mol. The standard InChI is InChI=1S/C16H16FN/c1-12-8-9-16(15(17)10-12)18-11-13(2)14-6-4-3-5-7-14/h3-10,18H,2,11H2,1H3. The van der Waals surface area contributed by atoms with Gasteiger partial charge in [0.2, 0.25) is 0 Å². The Labute approximate surface area is 107 Å². The van der Waals surface area contributed by atoms with Crippen LogP contribution in [0.2, 0.25) is 0 Å². The fourth-order valence-electron chi connectivity index (χ4n) is 1.74. The number of benzene rings is 2. The minimum Gasteiger partial charge on any atom is -0.379 e. The van der Waals surface area contributed by atoms with E-state index in [1.54, 1.807) is 6.07 Å². The van der Waals surface area contributed by atoms with Crippen LogP contribution in [-0.2, 0) is 0 Å². The zero-order chi connectivity index (χ0) is 13.0. The lowest BCUT2D eigenvalue weighted by atomic mass is 10.1. The van der Waals surface area contributed by atoms with Gasteiger partial charge in [-0.2, -0.15) is 0 Å². The summed E-state index contributed by atoms with van der Waals surface area (Å²) in [5.41, 5.74) is 3.44. The number of hydrogen-bond donors (Lipinski definition) is 1. The van der Waals surface area contributed by atoms with Gasteiger partial charge in [-0.3, -0.25) is 0 Å². The van der Waals surface area contributed by atoms with Crippen molar-refractivity contribution in [1.29, 1.82) is 0 Å². The molecule has 2 aromatic rings. The first-order valence-corrected chi connectivity index (χ1v) is 5.90. The number of halogens is 1. The van der Waals surface area contributed by atoms with Crippen molar-refractivity contribution < 1.29 is 4.39 Å². The van der Waals surface area contributed by atoms with Crippen LogP contribution in [0.4, 0.5) is 10.1 Å². The van der Waals surface area contributed by atoms with Gasteiger partial charge in [0, 0.05) is 6.54 Å². The Bertz CT molecular complexity index is 546. The van der Waals surface area contributed by atoms with Crippen molar-refractivity contribution in [1.82, 2.24) is 0 Å². The third kappa shape index (κ3) is 2.98. The van der Waals surface area contributed by atoms with E-state index in [1.165, 1.54) is 6.07 Å². The predicted octanol–water partition coefficient (Wildman–Crippen LogP) is 4.26. The minimum atomic E-state index is -0.226. The second-order valence-electron chi connectivity index (χ2n) is 4.31. The molecule has 0 aliphatic heterocycles. The summed E-state index contributed by atoms with van der Waals surface area (Å²) in [5, 5.41) is 3.06. The van der Waals surface area contributed by atoms with E-state index in [1.807, 2.05) is 43.3 Å². The normalized spacial score (nSPS) is 10.1. The number of nitrogens with one attached hydrogen (secondary N) is 1. The lowest BCUT2D eigenvalue weighted by molar-refractivity contribution is 0.630. The van der Waals surface area contributed by atoms with Crippen LogP contribution in [0.1, 0.15) is 11.1 Å². The van der Waals surface area contributed by atoms with Crippen molar-refractivity contribution in [2.24, 2.45) is 0 Å². The molecule has 2 rings (SSSR count). The maximum absolute atomic E-state index is 13.6. The molecule has 0 aliphatic rings. The fourth-order valence-corrected chi connectivity index (χ4v) is 1.74. The van der Waals surface area contributed by atoms with Gasteiger partial charge >= 0.3 is 0 Å². The summed E-state index contributed by atoms with van der Waals surface area (Å²) < 4.78 is 13.6. The molecule has 0 fully saturated rings. The van der Waals surface area contributed by atoms with Crippen LogP contribution in [0.3, 0.4) is 0 Å². The van der Waals surface area contributed by atoms with Crippen LogP contribution in [-0.4, -0.2) is 6.54 Å². The number of rotatable bonds is 4. The second kappa shape index (κ2) is 5.50. The third-order valence-electron chi connectivity index (χ3n) is 2.80. The van der Waals surface area contributed by atoms with Crippen molar-refractivity contribution >= 4 is 11.3 Å². The SMILES string of the molecule is C=C(CNc1ccc(C)cc1F)c1ccccc1. The molecule has 0 heterocycles. The molecular weight excluding hydrogens is 225 g/mol. The maximum atomic E-state index is 13.6. The van der Waals surface area contributed by atoms with E-state index < -0.39 is 0 Å². The molecule has 2 heteroatoms. The molecule has 0 amide bonds. The summed E-state index contributed by atoms with van der Waals surface area (Å²) in [7, 11) is 0. The van der Waals surface area contributed by atoms with Crippen molar-refractivity contribution in [2.45, 2.75) is 6.92 Å². The van der Waals surface area contributed by atoms with E-state index in [0.29, 0.717) is 12.2 Å². The number of anilines is 1. The van der Waals surface area contributed by atoms with Gasteiger partial charge in [0.05, 0.1) is 5.69 Å². The average Bonchev–Trinajstić information content (AvgIpc) is 2.38. The molecule has 92 valence electrons. The van der Waals surface area contributed by atoms with E-state index in [4.69, 9.17) is 0 Å². The summed E-state index contributed by atoms with van der Waals surface area (Å²) in [5.74, 6) is -0.226. The molecule has 0 spiro atoms. The van der Waals surface area contributed by atoms with Crippen molar-refractivity contribution in [3.63, 3.8) is 0 Å². The summed E-state index contributed by atoms with van der Waals surface area (Å²) >= 11 is 0. The lowest BCUT2D eigenvalue weighted by Crippen LogP contribution is -2.05. The highest BCUT2D eigenvalue weighted by atomic mass is 19.1. The fraction of sp³-hybridized carbons (Fsp3) is 0.125. The van der Waals surface area contributed by atoms with Gasteiger partial charge in [-0.25, -0.2) is 4.39 Å². The first kappa shape index (κ1) is 12.4. The molecule has 0 atom stereocenters. The molecule has 0 bridgehead atoms. The van der Waals surface area contributed by atoms with Gasteiger partial charge in [-0.15, -0.1) is 0 Å². The predicted molar refractivity (Wildman–Crippen MR) is 75.1 cm³/mol. The Balaban J connectivity index is 2.02. The molecular formula is C16H16FN. The zero-order valence-electron chi connectivity index (χ0n) is 10.4.